The highest BCUT2D eigenvalue weighted by Crippen LogP contribution is 2.38. The molecule has 0 unspecified atom stereocenters. The molecule has 1 aliphatic carbocycles. The summed E-state index contributed by atoms with van der Waals surface area (Å²) in [6.45, 7) is 0.631. The Bertz CT molecular complexity index is 1070. The van der Waals surface area contributed by atoms with Crippen molar-refractivity contribution in [2.75, 3.05) is 23.3 Å². The molecule has 0 spiro atoms. The Balaban J connectivity index is 1.44. The average molecular weight is 463 g/mol. The molecule has 7 nitrogen and oxygen atoms in total. The SMILES string of the molecule is O=C(Nc1cccc2c1C[C@@H](O)CC2)C1CCN(c2ccc(C(F)(F)F)cc2[N+](=O)[O-])CC1. The van der Waals surface area contributed by atoms with Crippen LogP contribution in [0, 0.1) is 16.0 Å². The summed E-state index contributed by atoms with van der Waals surface area (Å²) >= 11 is 0. The summed E-state index contributed by atoms with van der Waals surface area (Å²) in [5.41, 5.74) is 1.21. The highest BCUT2D eigenvalue weighted by Gasteiger charge is 2.35. The summed E-state index contributed by atoms with van der Waals surface area (Å²) in [5, 5.41) is 24.4. The maximum Gasteiger partial charge on any atom is 0.416 e. The number of carbonyl (C=O) groups excluding carboxylic acids is 1. The number of carbonyl (C=O) groups is 1. The Morgan fingerprint density at radius 3 is 2.55 bits per heavy atom. The van der Waals surface area contributed by atoms with E-state index in [0.717, 1.165) is 29.7 Å². The number of nitro groups is 1. The quantitative estimate of drug-likeness (QED) is 0.520. The van der Waals surface area contributed by atoms with Crippen molar-refractivity contribution in [2.24, 2.45) is 5.92 Å². The predicted molar refractivity (Wildman–Crippen MR) is 116 cm³/mol. The van der Waals surface area contributed by atoms with E-state index in [1.54, 1.807) is 4.90 Å². The third kappa shape index (κ3) is 4.95. The Kier molecular flexibility index (Phi) is 6.29. The zero-order valence-corrected chi connectivity index (χ0v) is 17.8. The number of aliphatic hydroxyl groups excluding tert-OH is 1. The van der Waals surface area contributed by atoms with Crippen LogP contribution in [0.1, 0.15) is 36.0 Å². The molecule has 0 radical (unpaired) electrons. The number of fused-ring (bicyclic) bond motifs is 1. The van der Waals surface area contributed by atoms with Gasteiger partial charge < -0.3 is 15.3 Å². The molecule has 33 heavy (non-hydrogen) atoms. The van der Waals surface area contributed by atoms with Crippen LogP contribution in [0.25, 0.3) is 0 Å². The zero-order chi connectivity index (χ0) is 23.8. The fourth-order valence-corrected chi connectivity index (χ4v) is 4.62. The van der Waals surface area contributed by atoms with Crippen LogP contribution in [-0.4, -0.2) is 35.1 Å². The number of amides is 1. The summed E-state index contributed by atoms with van der Waals surface area (Å²) in [4.78, 5) is 25.1. The van der Waals surface area contributed by atoms with E-state index in [4.69, 9.17) is 0 Å². The van der Waals surface area contributed by atoms with Gasteiger partial charge in [0.1, 0.15) is 5.69 Å². The molecule has 4 rings (SSSR count). The molecular formula is C23H24F3N3O4. The van der Waals surface area contributed by atoms with Crippen LogP contribution in [0.5, 0.6) is 0 Å². The number of hydrogen-bond donors (Lipinski definition) is 2. The van der Waals surface area contributed by atoms with Gasteiger partial charge in [0.05, 0.1) is 16.6 Å². The minimum absolute atomic E-state index is 0.123. The van der Waals surface area contributed by atoms with Crippen molar-refractivity contribution in [1.82, 2.24) is 0 Å². The number of aryl methyl sites for hydroxylation is 1. The second kappa shape index (κ2) is 9.01. The molecule has 2 aliphatic rings. The summed E-state index contributed by atoms with van der Waals surface area (Å²) < 4.78 is 38.9. The van der Waals surface area contributed by atoms with Crippen LogP contribution >= 0.6 is 0 Å². The second-order valence-corrected chi connectivity index (χ2v) is 8.55. The first kappa shape index (κ1) is 23.0. The Morgan fingerprint density at radius 2 is 1.88 bits per heavy atom. The van der Waals surface area contributed by atoms with Gasteiger partial charge in [-0.05, 0) is 55.0 Å². The van der Waals surface area contributed by atoms with E-state index >= 15 is 0 Å². The highest BCUT2D eigenvalue weighted by atomic mass is 19.4. The number of hydrogen-bond acceptors (Lipinski definition) is 5. The van der Waals surface area contributed by atoms with Gasteiger partial charge in [0.2, 0.25) is 5.91 Å². The molecule has 1 fully saturated rings. The fourth-order valence-electron chi connectivity index (χ4n) is 4.62. The predicted octanol–water partition coefficient (Wildman–Crippen LogP) is 4.32. The number of rotatable bonds is 4. The Morgan fingerprint density at radius 1 is 1.15 bits per heavy atom. The van der Waals surface area contributed by atoms with Gasteiger partial charge in [0.25, 0.3) is 5.69 Å². The summed E-state index contributed by atoms with van der Waals surface area (Å²) in [5.74, 6) is -0.482. The topological polar surface area (TPSA) is 95.7 Å². The number of piperidine rings is 1. The van der Waals surface area contributed by atoms with Crippen molar-refractivity contribution in [1.29, 1.82) is 0 Å². The van der Waals surface area contributed by atoms with E-state index in [-0.39, 0.29) is 17.5 Å². The van der Waals surface area contributed by atoms with E-state index in [1.807, 2.05) is 18.2 Å². The average Bonchev–Trinajstić information content (AvgIpc) is 2.78. The fraction of sp³-hybridized carbons (Fsp3) is 0.435. The van der Waals surface area contributed by atoms with Crippen molar-refractivity contribution < 1.29 is 28.0 Å². The number of aliphatic hydroxyl groups is 1. The molecule has 10 heteroatoms. The van der Waals surface area contributed by atoms with E-state index in [2.05, 4.69) is 5.32 Å². The van der Waals surface area contributed by atoms with Gasteiger partial charge in [-0.15, -0.1) is 0 Å². The maximum atomic E-state index is 13.0. The molecule has 2 aromatic carbocycles. The summed E-state index contributed by atoms with van der Waals surface area (Å²) in [6, 6.07) is 8.21. The monoisotopic (exact) mass is 463 g/mol. The molecule has 1 aliphatic heterocycles. The molecular weight excluding hydrogens is 439 g/mol. The first-order valence-electron chi connectivity index (χ1n) is 10.8. The first-order valence-corrected chi connectivity index (χ1v) is 10.8. The number of anilines is 2. The van der Waals surface area contributed by atoms with E-state index < -0.39 is 28.5 Å². The van der Waals surface area contributed by atoms with E-state index in [9.17, 15) is 33.2 Å². The molecule has 1 amide bonds. The first-order chi connectivity index (χ1) is 15.6. The molecule has 1 heterocycles. The number of halogens is 3. The molecule has 0 aromatic heterocycles. The Labute approximate surface area is 188 Å². The van der Waals surface area contributed by atoms with Crippen molar-refractivity contribution in [3.63, 3.8) is 0 Å². The van der Waals surface area contributed by atoms with Crippen LogP contribution in [0.4, 0.5) is 30.2 Å². The highest BCUT2D eigenvalue weighted by molar-refractivity contribution is 5.93. The third-order valence-corrected chi connectivity index (χ3v) is 6.42. The molecule has 0 saturated carbocycles. The smallest absolute Gasteiger partial charge is 0.393 e. The number of benzene rings is 2. The van der Waals surface area contributed by atoms with Crippen LogP contribution in [0.3, 0.4) is 0 Å². The van der Waals surface area contributed by atoms with Crippen LogP contribution < -0.4 is 10.2 Å². The largest absolute Gasteiger partial charge is 0.416 e. The van der Waals surface area contributed by atoms with Gasteiger partial charge in [-0.2, -0.15) is 13.2 Å². The van der Waals surface area contributed by atoms with Crippen molar-refractivity contribution in [3.05, 3.63) is 63.2 Å². The number of nitrogens with zero attached hydrogens (tertiary/aromatic N) is 2. The van der Waals surface area contributed by atoms with Crippen molar-refractivity contribution in [3.8, 4) is 0 Å². The summed E-state index contributed by atoms with van der Waals surface area (Å²) in [6.07, 6.45) is -2.33. The molecule has 1 saturated heterocycles. The third-order valence-electron chi connectivity index (χ3n) is 6.42. The normalized spacial score (nSPS) is 19.2. The molecule has 2 N–H and O–H groups in total. The minimum atomic E-state index is -4.67. The van der Waals surface area contributed by atoms with Crippen LogP contribution in [0.15, 0.2) is 36.4 Å². The Hall–Kier alpha value is -3.14. The maximum absolute atomic E-state index is 13.0. The van der Waals surface area contributed by atoms with Gasteiger partial charge in [-0.1, -0.05) is 12.1 Å². The minimum Gasteiger partial charge on any atom is -0.393 e. The molecule has 1 atom stereocenters. The lowest BCUT2D eigenvalue weighted by Gasteiger charge is -2.33. The lowest BCUT2D eigenvalue weighted by Crippen LogP contribution is -2.38. The lowest BCUT2D eigenvalue weighted by molar-refractivity contribution is -0.384. The number of alkyl halides is 3. The summed E-state index contributed by atoms with van der Waals surface area (Å²) in [7, 11) is 0. The van der Waals surface area contributed by atoms with E-state index in [1.165, 1.54) is 0 Å². The van der Waals surface area contributed by atoms with E-state index in [0.29, 0.717) is 50.5 Å². The van der Waals surface area contributed by atoms with Gasteiger partial charge in [-0.25, -0.2) is 0 Å². The number of nitrogens with one attached hydrogen (secondary N) is 1. The van der Waals surface area contributed by atoms with Crippen LogP contribution in [0.2, 0.25) is 0 Å². The van der Waals surface area contributed by atoms with Gasteiger partial charge in [0.15, 0.2) is 0 Å². The lowest BCUT2D eigenvalue weighted by atomic mass is 9.88. The van der Waals surface area contributed by atoms with Crippen LogP contribution in [-0.2, 0) is 23.8 Å². The standard InChI is InChI=1S/C23H24F3N3O4/c24-23(25,26)16-5-7-20(21(12-16)29(32)33)28-10-8-15(9-11-28)22(31)27-19-3-1-2-14-4-6-17(30)13-18(14)19/h1-3,5,7,12,15,17,30H,4,6,8-11,13H2,(H,27,31)/t17-/m0/s1. The van der Waals surface area contributed by atoms with Crippen molar-refractivity contribution in [2.45, 2.75) is 44.4 Å². The zero-order valence-electron chi connectivity index (χ0n) is 17.8. The second-order valence-electron chi connectivity index (χ2n) is 8.55. The molecule has 2 aromatic rings. The number of nitro benzene ring substituents is 1. The van der Waals surface area contributed by atoms with Gasteiger partial charge in [-0.3, -0.25) is 14.9 Å². The molecule has 176 valence electrons. The molecule has 0 bridgehead atoms. The van der Waals surface area contributed by atoms with Crippen molar-refractivity contribution >= 4 is 23.0 Å². The van der Waals surface area contributed by atoms with Gasteiger partial charge >= 0.3 is 6.18 Å². The van der Waals surface area contributed by atoms with Gasteiger partial charge in [0, 0.05) is 37.2 Å².